The predicted octanol–water partition coefficient (Wildman–Crippen LogP) is 3.44. The Labute approximate surface area is 161 Å². The molecule has 0 saturated carbocycles. The van der Waals surface area contributed by atoms with E-state index in [1.54, 1.807) is 15.2 Å². The Kier molecular flexibility index (Phi) is 4.52. The number of nitrogens with one attached hydrogen (secondary N) is 1. The molecule has 1 aromatic carbocycles. The Hall–Kier alpha value is -2.60. The van der Waals surface area contributed by atoms with Crippen molar-refractivity contribution in [3.05, 3.63) is 56.7 Å². The normalized spacial score (nSPS) is 13.6. The van der Waals surface area contributed by atoms with E-state index in [-0.39, 0.29) is 18.0 Å². The first-order chi connectivity index (χ1) is 13.0. The third kappa shape index (κ3) is 3.14. The molecular weight excluding hydrogens is 364 g/mol. The standard InChI is InChI=1S/C20H21ClN4O2/c1-12-6-5-7-14(21)18(12)23-17(26)11-25-13(2)10-15-19(25)20(27)24-9-4-3-8-16(24)22-15/h5-7,10H,3-4,8-9,11H2,1-2H3,(H,23,26). The fourth-order valence-electron chi connectivity index (χ4n) is 3.70. The van der Waals surface area contributed by atoms with Gasteiger partial charge in [0.1, 0.15) is 17.9 Å². The van der Waals surface area contributed by atoms with Crippen molar-refractivity contribution in [3.63, 3.8) is 0 Å². The molecule has 27 heavy (non-hydrogen) atoms. The molecule has 0 spiro atoms. The van der Waals surface area contributed by atoms with Gasteiger partial charge in [-0.1, -0.05) is 23.7 Å². The molecule has 0 atom stereocenters. The molecule has 1 aliphatic heterocycles. The van der Waals surface area contributed by atoms with Crippen LogP contribution in [0.25, 0.3) is 11.0 Å². The van der Waals surface area contributed by atoms with E-state index in [9.17, 15) is 9.59 Å². The Balaban J connectivity index is 1.71. The Morgan fingerprint density at radius 2 is 2.11 bits per heavy atom. The minimum absolute atomic E-state index is 0.0380. The highest BCUT2D eigenvalue weighted by Gasteiger charge is 2.20. The number of amides is 1. The molecule has 4 rings (SSSR count). The minimum Gasteiger partial charge on any atom is -0.330 e. The van der Waals surface area contributed by atoms with Crippen molar-refractivity contribution in [3.8, 4) is 0 Å². The van der Waals surface area contributed by atoms with E-state index < -0.39 is 0 Å². The maximum absolute atomic E-state index is 13.0. The number of rotatable bonds is 3. The van der Waals surface area contributed by atoms with Gasteiger partial charge in [-0.3, -0.25) is 14.2 Å². The molecule has 2 aromatic heterocycles. The van der Waals surface area contributed by atoms with E-state index in [1.807, 2.05) is 32.0 Å². The third-order valence-electron chi connectivity index (χ3n) is 5.11. The van der Waals surface area contributed by atoms with Crippen molar-refractivity contribution in [1.29, 1.82) is 0 Å². The smallest absolute Gasteiger partial charge is 0.278 e. The van der Waals surface area contributed by atoms with Crippen molar-refractivity contribution in [2.24, 2.45) is 0 Å². The van der Waals surface area contributed by atoms with Gasteiger partial charge < -0.3 is 9.88 Å². The number of carbonyl (C=O) groups is 1. The van der Waals surface area contributed by atoms with Crippen molar-refractivity contribution in [1.82, 2.24) is 14.1 Å². The monoisotopic (exact) mass is 384 g/mol. The van der Waals surface area contributed by atoms with Crippen LogP contribution in [0.15, 0.2) is 29.1 Å². The number of hydrogen-bond acceptors (Lipinski definition) is 3. The number of benzene rings is 1. The van der Waals surface area contributed by atoms with E-state index in [2.05, 4.69) is 10.3 Å². The van der Waals surface area contributed by atoms with Crippen molar-refractivity contribution >= 4 is 34.2 Å². The molecule has 1 amide bonds. The highest BCUT2D eigenvalue weighted by molar-refractivity contribution is 6.33. The zero-order chi connectivity index (χ0) is 19.1. The second kappa shape index (κ2) is 6.85. The number of aromatic nitrogens is 3. The van der Waals surface area contributed by atoms with Crippen LogP contribution in [0.2, 0.25) is 5.02 Å². The average molecular weight is 385 g/mol. The summed E-state index contributed by atoms with van der Waals surface area (Å²) in [6, 6.07) is 7.34. The average Bonchev–Trinajstić information content (AvgIpc) is 2.94. The molecule has 3 aromatic rings. The highest BCUT2D eigenvalue weighted by atomic mass is 35.5. The first kappa shape index (κ1) is 17.8. The molecule has 0 fully saturated rings. The Bertz CT molecular complexity index is 1090. The molecule has 3 heterocycles. The van der Waals surface area contributed by atoms with E-state index in [0.29, 0.717) is 28.3 Å². The lowest BCUT2D eigenvalue weighted by molar-refractivity contribution is -0.116. The van der Waals surface area contributed by atoms with Gasteiger partial charge in [0, 0.05) is 18.7 Å². The number of hydrogen-bond donors (Lipinski definition) is 1. The second-order valence-corrected chi connectivity index (χ2v) is 7.43. The largest absolute Gasteiger partial charge is 0.330 e. The van der Waals surface area contributed by atoms with Gasteiger partial charge in [0.2, 0.25) is 5.91 Å². The highest BCUT2D eigenvalue weighted by Crippen LogP contribution is 2.25. The molecule has 1 aliphatic rings. The lowest BCUT2D eigenvalue weighted by Crippen LogP contribution is -2.30. The number of nitrogens with zero attached hydrogens (tertiary/aromatic N) is 3. The fourth-order valence-corrected chi connectivity index (χ4v) is 3.97. The number of fused-ring (bicyclic) bond motifs is 2. The summed E-state index contributed by atoms with van der Waals surface area (Å²) in [7, 11) is 0. The number of carbonyl (C=O) groups excluding carboxylic acids is 1. The van der Waals surface area contributed by atoms with Crippen LogP contribution in [0.3, 0.4) is 0 Å². The lowest BCUT2D eigenvalue weighted by Gasteiger charge is -2.17. The fraction of sp³-hybridized carbons (Fsp3) is 0.350. The van der Waals surface area contributed by atoms with Gasteiger partial charge in [-0.2, -0.15) is 0 Å². The summed E-state index contributed by atoms with van der Waals surface area (Å²) in [5.74, 6) is 0.612. The predicted molar refractivity (Wildman–Crippen MR) is 106 cm³/mol. The molecule has 1 N–H and O–H groups in total. The zero-order valence-electron chi connectivity index (χ0n) is 15.4. The molecule has 0 bridgehead atoms. The van der Waals surface area contributed by atoms with Crippen LogP contribution in [-0.4, -0.2) is 20.0 Å². The molecule has 0 unspecified atom stereocenters. The minimum atomic E-state index is -0.228. The van der Waals surface area contributed by atoms with Crippen LogP contribution in [0.5, 0.6) is 0 Å². The van der Waals surface area contributed by atoms with Gasteiger partial charge in [-0.15, -0.1) is 0 Å². The molecule has 140 valence electrons. The van der Waals surface area contributed by atoms with Crippen molar-refractivity contribution in [2.75, 3.05) is 5.32 Å². The van der Waals surface area contributed by atoms with Gasteiger partial charge in [-0.25, -0.2) is 4.98 Å². The van der Waals surface area contributed by atoms with E-state index in [4.69, 9.17) is 11.6 Å². The van der Waals surface area contributed by atoms with Gasteiger partial charge in [0.15, 0.2) is 0 Å². The summed E-state index contributed by atoms with van der Waals surface area (Å²) in [5.41, 5.74) is 3.41. The van der Waals surface area contributed by atoms with E-state index >= 15 is 0 Å². The van der Waals surface area contributed by atoms with Gasteiger partial charge in [0.25, 0.3) is 5.56 Å². The van der Waals surface area contributed by atoms with E-state index in [1.165, 1.54) is 0 Å². The molecule has 0 radical (unpaired) electrons. The Morgan fingerprint density at radius 1 is 1.30 bits per heavy atom. The molecule has 7 heteroatoms. The van der Waals surface area contributed by atoms with Crippen LogP contribution in [0.1, 0.15) is 29.9 Å². The number of anilines is 1. The first-order valence-electron chi connectivity index (χ1n) is 9.10. The maximum atomic E-state index is 13.0. The van der Waals surface area contributed by atoms with E-state index in [0.717, 1.165) is 36.3 Å². The number of para-hydroxylation sites is 1. The first-order valence-corrected chi connectivity index (χ1v) is 9.48. The number of halogens is 1. The van der Waals surface area contributed by atoms with Crippen LogP contribution in [0.4, 0.5) is 5.69 Å². The summed E-state index contributed by atoms with van der Waals surface area (Å²) in [6.45, 7) is 4.50. The van der Waals surface area contributed by atoms with Gasteiger partial charge >= 0.3 is 0 Å². The summed E-state index contributed by atoms with van der Waals surface area (Å²) < 4.78 is 3.49. The molecular formula is C20H21ClN4O2. The van der Waals surface area contributed by atoms with Crippen molar-refractivity contribution < 1.29 is 4.79 Å². The quantitative estimate of drug-likeness (QED) is 0.752. The third-order valence-corrected chi connectivity index (χ3v) is 5.43. The SMILES string of the molecule is Cc1cccc(Cl)c1NC(=O)Cn1c(C)cc2nc3n(c(=O)c21)CCCC3. The Morgan fingerprint density at radius 3 is 2.89 bits per heavy atom. The lowest BCUT2D eigenvalue weighted by atomic mass is 10.1. The summed E-state index contributed by atoms with van der Waals surface area (Å²) in [6.07, 6.45) is 2.85. The van der Waals surface area contributed by atoms with Gasteiger partial charge in [-0.05, 0) is 44.4 Å². The molecule has 0 saturated heterocycles. The van der Waals surface area contributed by atoms with Crippen LogP contribution >= 0.6 is 11.6 Å². The maximum Gasteiger partial charge on any atom is 0.278 e. The van der Waals surface area contributed by atoms with Crippen molar-refractivity contribution in [2.45, 2.75) is 46.2 Å². The van der Waals surface area contributed by atoms with Crippen LogP contribution < -0.4 is 10.9 Å². The number of aryl methyl sites for hydroxylation is 3. The van der Waals surface area contributed by atoms with Crippen LogP contribution in [0, 0.1) is 13.8 Å². The van der Waals surface area contributed by atoms with Crippen LogP contribution in [-0.2, 0) is 24.3 Å². The second-order valence-electron chi connectivity index (χ2n) is 7.03. The summed E-state index contributed by atoms with van der Waals surface area (Å²) in [5, 5.41) is 3.36. The topological polar surface area (TPSA) is 68.9 Å². The summed E-state index contributed by atoms with van der Waals surface area (Å²) >= 11 is 6.20. The molecule has 6 nitrogen and oxygen atoms in total. The summed E-state index contributed by atoms with van der Waals surface area (Å²) in [4.78, 5) is 30.3. The van der Waals surface area contributed by atoms with Gasteiger partial charge in [0.05, 0.1) is 16.2 Å². The molecule has 0 aliphatic carbocycles. The zero-order valence-corrected chi connectivity index (χ0v) is 16.1.